The fourth-order valence-electron chi connectivity index (χ4n) is 2.41. The van der Waals surface area contributed by atoms with Gasteiger partial charge in [0.15, 0.2) is 0 Å². The zero-order valence-electron chi connectivity index (χ0n) is 11.8. The van der Waals surface area contributed by atoms with Crippen molar-refractivity contribution in [3.8, 4) is 0 Å². The normalized spacial score (nSPS) is 17.8. The Hall–Kier alpha value is -1.55. The minimum Gasteiger partial charge on any atom is -0.481 e. The van der Waals surface area contributed by atoms with Gasteiger partial charge < -0.3 is 10.0 Å². The number of hydrogen-bond acceptors (Lipinski definition) is 3. The van der Waals surface area contributed by atoms with Gasteiger partial charge in [0.1, 0.15) is 0 Å². The predicted octanol–water partition coefficient (Wildman–Crippen LogP) is 1.91. The van der Waals surface area contributed by atoms with Gasteiger partial charge in [-0.05, 0) is 23.6 Å². The Morgan fingerprint density at radius 2 is 1.95 bits per heavy atom. The lowest BCUT2D eigenvalue weighted by molar-refractivity contribution is -0.145. The summed E-state index contributed by atoms with van der Waals surface area (Å²) in [5.41, 5.74) is 2.48. The highest BCUT2D eigenvalue weighted by atomic mass is 16.4. The Balaban J connectivity index is 1.83. The molecule has 1 N–H and O–H groups in total. The summed E-state index contributed by atoms with van der Waals surface area (Å²) in [6, 6.07) is 8.52. The third-order valence-electron chi connectivity index (χ3n) is 3.94. The van der Waals surface area contributed by atoms with Gasteiger partial charge in [-0.3, -0.25) is 9.69 Å². The van der Waals surface area contributed by atoms with Gasteiger partial charge >= 0.3 is 5.97 Å². The second-order valence-electron chi connectivity index (χ2n) is 5.64. The van der Waals surface area contributed by atoms with Crippen LogP contribution >= 0.6 is 0 Å². The van der Waals surface area contributed by atoms with Gasteiger partial charge in [-0.2, -0.15) is 0 Å². The summed E-state index contributed by atoms with van der Waals surface area (Å²) < 4.78 is 0. The topological polar surface area (TPSA) is 43.8 Å². The van der Waals surface area contributed by atoms with Gasteiger partial charge in [-0.25, -0.2) is 0 Å². The van der Waals surface area contributed by atoms with E-state index in [1.807, 2.05) is 14.1 Å². The van der Waals surface area contributed by atoms with Crippen molar-refractivity contribution in [2.24, 2.45) is 11.8 Å². The Kier molecular flexibility index (Phi) is 4.10. The van der Waals surface area contributed by atoms with Crippen molar-refractivity contribution >= 4 is 11.7 Å². The number of carbonyl (C=O) groups is 1. The van der Waals surface area contributed by atoms with Crippen LogP contribution in [-0.2, 0) is 11.3 Å². The predicted molar refractivity (Wildman–Crippen MR) is 76.3 cm³/mol. The average Bonchev–Trinajstić information content (AvgIpc) is 2.33. The fraction of sp³-hybridized carbons (Fsp3) is 0.533. The molecule has 2 rings (SSSR count). The number of carboxylic acid groups (broad SMARTS) is 1. The van der Waals surface area contributed by atoms with Gasteiger partial charge in [0.25, 0.3) is 0 Å². The van der Waals surface area contributed by atoms with Crippen molar-refractivity contribution < 1.29 is 9.90 Å². The molecule has 0 radical (unpaired) electrons. The van der Waals surface area contributed by atoms with Gasteiger partial charge in [0.2, 0.25) is 0 Å². The molecular formula is C15H22N2O2. The molecule has 0 amide bonds. The summed E-state index contributed by atoms with van der Waals surface area (Å²) >= 11 is 0. The molecule has 19 heavy (non-hydrogen) atoms. The largest absolute Gasteiger partial charge is 0.481 e. The van der Waals surface area contributed by atoms with Crippen LogP contribution in [0.15, 0.2) is 24.3 Å². The molecule has 1 aliphatic rings. The van der Waals surface area contributed by atoms with E-state index in [2.05, 4.69) is 34.1 Å². The van der Waals surface area contributed by atoms with Crippen molar-refractivity contribution in [1.82, 2.24) is 4.90 Å². The van der Waals surface area contributed by atoms with Gasteiger partial charge in [0, 0.05) is 39.4 Å². The number of benzene rings is 1. The molecule has 1 saturated heterocycles. The third kappa shape index (κ3) is 3.26. The van der Waals surface area contributed by atoms with Crippen LogP contribution in [0.3, 0.4) is 0 Å². The smallest absolute Gasteiger partial charge is 0.306 e. The molecule has 0 aromatic heterocycles. The molecule has 1 aliphatic heterocycles. The zero-order valence-corrected chi connectivity index (χ0v) is 11.8. The van der Waals surface area contributed by atoms with E-state index < -0.39 is 5.97 Å². The minimum atomic E-state index is -0.681. The second-order valence-corrected chi connectivity index (χ2v) is 5.64. The number of aliphatic carboxylic acids is 1. The lowest BCUT2D eigenvalue weighted by Crippen LogP contribution is -2.50. The summed E-state index contributed by atoms with van der Waals surface area (Å²) in [5.74, 6) is -0.606. The van der Waals surface area contributed by atoms with E-state index in [-0.39, 0.29) is 5.92 Å². The van der Waals surface area contributed by atoms with E-state index >= 15 is 0 Å². The molecule has 1 atom stereocenters. The van der Waals surface area contributed by atoms with E-state index in [9.17, 15) is 4.79 Å². The molecule has 0 saturated carbocycles. The highest BCUT2D eigenvalue weighted by Crippen LogP contribution is 2.26. The number of rotatable bonds is 5. The molecular weight excluding hydrogens is 240 g/mol. The van der Waals surface area contributed by atoms with Crippen LogP contribution in [0.4, 0.5) is 5.69 Å². The van der Waals surface area contributed by atoms with Gasteiger partial charge in [0.05, 0.1) is 5.92 Å². The Labute approximate surface area is 114 Å². The van der Waals surface area contributed by atoms with Crippen LogP contribution in [0.25, 0.3) is 0 Å². The standard InChI is InChI=1S/C15H22N2O2/c1-11(15(18)19)13-9-17(10-13)8-12-4-6-14(7-5-12)16(2)3/h4-7,11,13H,8-10H2,1-3H3,(H,18,19). The van der Waals surface area contributed by atoms with E-state index in [4.69, 9.17) is 5.11 Å². The summed E-state index contributed by atoms with van der Waals surface area (Å²) in [7, 11) is 4.06. The molecule has 0 aliphatic carbocycles. The van der Waals surface area contributed by atoms with E-state index in [1.54, 1.807) is 6.92 Å². The Bertz CT molecular complexity index is 436. The van der Waals surface area contributed by atoms with E-state index in [0.29, 0.717) is 5.92 Å². The van der Waals surface area contributed by atoms with Gasteiger partial charge in [-0.1, -0.05) is 19.1 Å². The monoisotopic (exact) mass is 262 g/mol. The van der Waals surface area contributed by atoms with Crippen molar-refractivity contribution in [2.75, 3.05) is 32.1 Å². The van der Waals surface area contributed by atoms with Crippen LogP contribution in [0, 0.1) is 11.8 Å². The van der Waals surface area contributed by atoms with Crippen LogP contribution in [0.5, 0.6) is 0 Å². The maximum atomic E-state index is 10.9. The molecule has 4 nitrogen and oxygen atoms in total. The number of likely N-dealkylation sites (tertiary alicyclic amines) is 1. The third-order valence-corrected chi connectivity index (χ3v) is 3.94. The second kappa shape index (κ2) is 5.61. The minimum absolute atomic E-state index is 0.229. The number of anilines is 1. The molecule has 0 spiro atoms. The number of hydrogen-bond donors (Lipinski definition) is 1. The summed E-state index contributed by atoms with van der Waals surface area (Å²) in [4.78, 5) is 15.3. The zero-order chi connectivity index (χ0) is 14.0. The molecule has 0 bridgehead atoms. The molecule has 104 valence electrons. The van der Waals surface area contributed by atoms with E-state index in [1.165, 1.54) is 11.3 Å². The molecule has 1 aromatic rings. The SMILES string of the molecule is CC(C(=O)O)C1CN(Cc2ccc(N(C)C)cc2)C1. The lowest BCUT2D eigenvalue weighted by atomic mass is 9.87. The molecule has 4 heteroatoms. The first-order chi connectivity index (χ1) is 8.97. The van der Waals surface area contributed by atoms with Crippen molar-refractivity contribution in [3.05, 3.63) is 29.8 Å². The number of nitrogens with zero attached hydrogens (tertiary/aromatic N) is 2. The summed E-state index contributed by atoms with van der Waals surface area (Å²) in [5, 5.41) is 8.95. The quantitative estimate of drug-likeness (QED) is 0.880. The van der Waals surface area contributed by atoms with Crippen molar-refractivity contribution in [2.45, 2.75) is 13.5 Å². The van der Waals surface area contributed by atoms with Crippen LogP contribution < -0.4 is 4.90 Å². The first kappa shape index (κ1) is 13.9. The highest BCUT2D eigenvalue weighted by Gasteiger charge is 2.34. The maximum absolute atomic E-state index is 10.9. The van der Waals surface area contributed by atoms with Crippen LogP contribution in [0.1, 0.15) is 12.5 Å². The van der Waals surface area contributed by atoms with E-state index in [0.717, 1.165) is 19.6 Å². The Morgan fingerprint density at radius 1 is 1.37 bits per heavy atom. The fourth-order valence-corrected chi connectivity index (χ4v) is 2.41. The maximum Gasteiger partial charge on any atom is 0.306 e. The first-order valence-corrected chi connectivity index (χ1v) is 6.69. The molecule has 1 unspecified atom stereocenters. The lowest BCUT2D eigenvalue weighted by Gasteiger charge is -2.41. The van der Waals surface area contributed by atoms with Crippen molar-refractivity contribution in [3.63, 3.8) is 0 Å². The summed E-state index contributed by atoms with van der Waals surface area (Å²) in [6.07, 6.45) is 0. The molecule has 1 fully saturated rings. The van der Waals surface area contributed by atoms with Crippen molar-refractivity contribution in [1.29, 1.82) is 0 Å². The van der Waals surface area contributed by atoms with Gasteiger partial charge in [-0.15, -0.1) is 0 Å². The Morgan fingerprint density at radius 3 is 2.42 bits per heavy atom. The van der Waals surface area contributed by atoms with Crippen LogP contribution in [0.2, 0.25) is 0 Å². The first-order valence-electron chi connectivity index (χ1n) is 6.69. The molecule has 1 heterocycles. The highest BCUT2D eigenvalue weighted by molar-refractivity contribution is 5.70. The number of carboxylic acids is 1. The average molecular weight is 262 g/mol. The van der Waals surface area contributed by atoms with Crippen LogP contribution in [-0.4, -0.2) is 43.2 Å². The summed E-state index contributed by atoms with van der Waals surface area (Å²) in [6.45, 7) is 4.50. The molecule has 1 aromatic carbocycles.